The van der Waals surface area contributed by atoms with Gasteiger partial charge in [-0.15, -0.1) is 0 Å². The molecule has 0 saturated carbocycles. The first-order valence-electron chi connectivity index (χ1n) is 8.34. The van der Waals surface area contributed by atoms with Crippen molar-refractivity contribution in [3.63, 3.8) is 0 Å². The van der Waals surface area contributed by atoms with Gasteiger partial charge in [0.25, 0.3) is 10.0 Å². The zero-order valence-corrected chi connectivity index (χ0v) is 15.8. The molecular formula is C16H18N6O2S2. The van der Waals surface area contributed by atoms with E-state index >= 15 is 0 Å². The van der Waals surface area contributed by atoms with E-state index in [1.54, 1.807) is 12.1 Å². The quantitative estimate of drug-likeness (QED) is 0.730. The van der Waals surface area contributed by atoms with Crippen molar-refractivity contribution >= 4 is 44.4 Å². The van der Waals surface area contributed by atoms with Gasteiger partial charge in [0.05, 0.1) is 29.8 Å². The van der Waals surface area contributed by atoms with Crippen LogP contribution < -0.4 is 9.62 Å². The summed E-state index contributed by atoms with van der Waals surface area (Å²) in [7, 11) is -3.79. The van der Waals surface area contributed by atoms with Crippen LogP contribution in [0.1, 0.15) is 19.8 Å². The predicted octanol–water partition coefficient (Wildman–Crippen LogP) is 2.52. The average Bonchev–Trinajstić information content (AvgIpc) is 3.11. The number of aromatic nitrogens is 4. The molecule has 0 atom stereocenters. The number of hydrogen-bond donors (Lipinski definition) is 1. The fraction of sp³-hybridized carbons (Fsp3) is 0.375. The molecule has 3 heterocycles. The lowest BCUT2D eigenvalue weighted by Crippen LogP contribution is -2.34. The van der Waals surface area contributed by atoms with Crippen molar-refractivity contribution in [2.45, 2.75) is 24.7 Å². The number of sulfonamides is 1. The third-order valence-electron chi connectivity index (χ3n) is 4.50. The van der Waals surface area contributed by atoms with E-state index in [0.717, 1.165) is 43.6 Å². The van der Waals surface area contributed by atoms with Crippen LogP contribution >= 0.6 is 11.7 Å². The zero-order chi connectivity index (χ0) is 18.1. The van der Waals surface area contributed by atoms with Gasteiger partial charge in [-0.05, 0) is 30.9 Å². The van der Waals surface area contributed by atoms with Gasteiger partial charge >= 0.3 is 0 Å². The van der Waals surface area contributed by atoms with Crippen LogP contribution in [-0.2, 0) is 10.0 Å². The van der Waals surface area contributed by atoms with E-state index in [-0.39, 0.29) is 4.90 Å². The summed E-state index contributed by atoms with van der Waals surface area (Å²) in [6.07, 6.45) is 5.22. The molecule has 1 saturated heterocycles. The van der Waals surface area contributed by atoms with Crippen molar-refractivity contribution < 1.29 is 8.42 Å². The van der Waals surface area contributed by atoms with Gasteiger partial charge in [-0.1, -0.05) is 13.0 Å². The zero-order valence-electron chi connectivity index (χ0n) is 14.2. The van der Waals surface area contributed by atoms with Crippen LogP contribution in [0.25, 0.3) is 11.0 Å². The van der Waals surface area contributed by atoms with Gasteiger partial charge in [-0.3, -0.25) is 4.72 Å². The van der Waals surface area contributed by atoms with Crippen LogP contribution in [0.3, 0.4) is 0 Å². The molecule has 1 fully saturated rings. The van der Waals surface area contributed by atoms with Gasteiger partial charge in [0.1, 0.15) is 15.9 Å². The fourth-order valence-corrected chi connectivity index (χ4v) is 4.75. The maximum absolute atomic E-state index is 12.7. The molecule has 0 unspecified atom stereocenters. The minimum absolute atomic E-state index is 0.0952. The van der Waals surface area contributed by atoms with E-state index in [0.29, 0.717) is 22.7 Å². The summed E-state index contributed by atoms with van der Waals surface area (Å²) in [5, 5.41) is 0. The molecule has 0 spiro atoms. The SMILES string of the molecule is CC1CCN(c2ncc(NS(=O)(=O)c3cccc4nsnc34)cn2)CC1. The Balaban J connectivity index is 1.54. The number of anilines is 2. The highest BCUT2D eigenvalue weighted by molar-refractivity contribution is 7.93. The average molecular weight is 390 g/mol. The maximum Gasteiger partial charge on any atom is 0.264 e. The van der Waals surface area contributed by atoms with Crippen molar-refractivity contribution in [3.05, 3.63) is 30.6 Å². The van der Waals surface area contributed by atoms with Crippen LogP contribution in [0.4, 0.5) is 11.6 Å². The van der Waals surface area contributed by atoms with E-state index in [9.17, 15) is 8.42 Å². The highest BCUT2D eigenvalue weighted by Crippen LogP contribution is 2.24. The first kappa shape index (κ1) is 17.1. The molecule has 4 rings (SSSR count). The van der Waals surface area contributed by atoms with E-state index in [4.69, 9.17) is 0 Å². The second kappa shape index (κ2) is 6.76. The number of piperidine rings is 1. The van der Waals surface area contributed by atoms with Crippen molar-refractivity contribution in [2.24, 2.45) is 5.92 Å². The lowest BCUT2D eigenvalue weighted by Gasteiger charge is -2.30. The van der Waals surface area contributed by atoms with Gasteiger partial charge in [-0.2, -0.15) is 8.75 Å². The third kappa shape index (κ3) is 3.34. The Hall–Kier alpha value is -2.33. The van der Waals surface area contributed by atoms with Crippen LogP contribution in [-0.4, -0.2) is 40.2 Å². The highest BCUT2D eigenvalue weighted by Gasteiger charge is 2.21. The van der Waals surface area contributed by atoms with Crippen molar-refractivity contribution in [3.8, 4) is 0 Å². The summed E-state index contributed by atoms with van der Waals surface area (Å²) in [5.74, 6) is 1.35. The monoisotopic (exact) mass is 390 g/mol. The third-order valence-corrected chi connectivity index (χ3v) is 6.45. The topological polar surface area (TPSA) is 101 Å². The molecule has 1 N–H and O–H groups in total. The van der Waals surface area contributed by atoms with Gasteiger partial charge < -0.3 is 4.90 Å². The van der Waals surface area contributed by atoms with E-state index in [1.165, 1.54) is 18.5 Å². The Kier molecular flexibility index (Phi) is 4.45. The first-order valence-corrected chi connectivity index (χ1v) is 10.6. The number of benzene rings is 1. The summed E-state index contributed by atoms with van der Waals surface area (Å²) in [5.41, 5.74) is 1.24. The van der Waals surface area contributed by atoms with E-state index in [1.807, 2.05) is 0 Å². The summed E-state index contributed by atoms with van der Waals surface area (Å²) >= 11 is 0.985. The molecule has 1 aromatic carbocycles. The molecular weight excluding hydrogens is 372 g/mol. The van der Waals surface area contributed by atoms with E-state index < -0.39 is 10.0 Å². The summed E-state index contributed by atoms with van der Waals surface area (Å²) in [6, 6.07) is 4.89. The number of rotatable bonds is 4. The molecule has 0 aliphatic carbocycles. The Morgan fingerprint density at radius 3 is 2.62 bits per heavy atom. The molecule has 1 aliphatic heterocycles. The summed E-state index contributed by atoms with van der Waals surface area (Å²) in [6.45, 7) is 4.09. The second-order valence-electron chi connectivity index (χ2n) is 6.43. The minimum atomic E-state index is -3.79. The summed E-state index contributed by atoms with van der Waals surface area (Å²) < 4.78 is 36.1. The van der Waals surface area contributed by atoms with Gasteiger partial charge in [0.15, 0.2) is 0 Å². The molecule has 1 aliphatic rings. The molecule has 0 radical (unpaired) electrons. The van der Waals surface area contributed by atoms with Crippen molar-refractivity contribution in [1.82, 2.24) is 18.7 Å². The standard InChI is InChI=1S/C16H18N6O2S2/c1-11-5-7-22(8-6-11)16-17-9-12(10-18-16)21-26(23,24)14-4-2-3-13-15(14)20-25-19-13/h2-4,9-11,21H,5-8H2,1H3. The van der Waals surface area contributed by atoms with Crippen LogP contribution in [0, 0.1) is 5.92 Å². The summed E-state index contributed by atoms with van der Waals surface area (Å²) in [4.78, 5) is 10.9. The van der Waals surface area contributed by atoms with Gasteiger partial charge in [0.2, 0.25) is 5.95 Å². The van der Waals surface area contributed by atoms with Gasteiger partial charge in [0, 0.05) is 13.1 Å². The Bertz CT molecular complexity index is 1010. The first-order chi connectivity index (χ1) is 12.5. The van der Waals surface area contributed by atoms with Crippen molar-refractivity contribution in [1.29, 1.82) is 0 Å². The normalized spacial score (nSPS) is 16.1. The molecule has 10 heteroatoms. The molecule has 2 aromatic heterocycles. The predicted molar refractivity (Wildman–Crippen MR) is 101 cm³/mol. The number of nitrogens with zero attached hydrogens (tertiary/aromatic N) is 5. The molecule has 0 amide bonds. The second-order valence-corrected chi connectivity index (χ2v) is 8.61. The number of fused-ring (bicyclic) bond motifs is 1. The number of hydrogen-bond acceptors (Lipinski definition) is 8. The van der Waals surface area contributed by atoms with Crippen LogP contribution in [0.2, 0.25) is 0 Å². The van der Waals surface area contributed by atoms with Crippen LogP contribution in [0.5, 0.6) is 0 Å². The van der Waals surface area contributed by atoms with Crippen molar-refractivity contribution in [2.75, 3.05) is 22.7 Å². The smallest absolute Gasteiger partial charge is 0.264 e. The van der Waals surface area contributed by atoms with Gasteiger partial charge in [-0.25, -0.2) is 18.4 Å². The molecule has 136 valence electrons. The molecule has 26 heavy (non-hydrogen) atoms. The Labute approximate surface area is 155 Å². The lowest BCUT2D eigenvalue weighted by atomic mass is 10.00. The maximum atomic E-state index is 12.7. The highest BCUT2D eigenvalue weighted by atomic mass is 32.2. The largest absolute Gasteiger partial charge is 0.341 e. The lowest BCUT2D eigenvalue weighted by molar-refractivity contribution is 0.434. The Morgan fingerprint density at radius 1 is 1.15 bits per heavy atom. The number of nitrogens with one attached hydrogen (secondary N) is 1. The molecule has 3 aromatic rings. The van der Waals surface area contributed by atoms with Crippen LogP contribution in [0.15, 0.2) is 35.5 Å². The molecule has 8 nitrogen and oxygen atoms in total. The van der Waals surface area contributed by atoms with E-state index in [2.05, 4.69) is 35.3 Å². The fourth-order valence-electron chi connectivity index (χ4n) is 2.95. The minimum Gasteiger partial charge on any atom is -0.341 e. The Morgan fingerprint density at radius 2 is 1.88 bits per heavy atom. The molecule has 0 bridgehead atoms.